The predicted octanol–water partition coefficient (Wildman–Crippen LogP) is 7.76. The van der Waals surface area contributed by atoms with Crippen LogP contribution in [0.15, 0.2) is 0 Å². The van der Waals surface area contributed by atoms with E-state index in [0.717, 1.165) is 31.6 Å². The first-order valence-electron chi connectivity index (χ1n) is 13.4. The van der Waals surface area contributed by atoms with Crippen LogP contribution in [0.4, 0.5) is 0 Å². The highest BCUT2D eigenvalue weighted by Crippen LogP contribution is 2.41. The number of hydrogen-bond donors (Lipinski definition) is 2. The number of carbonyl (C=O) groups is 1. The van der Waals surface area contributed by atoms with E-state index in [1.165, 1.54) is 89.9 Å². The number of piperidine rings is 1. The summed E-state index contributed by atoms with van der Waals surface area (Å²) in [4.78, 5) is 10.7. The average Bonchev–Trinajstić information content (AvgIpc) is 2.67. The van der Waals surface area contributed by atoms with E-state index in [1.54, 1.807) is 5.06 Å². The average molecular weight is 439 g/mol. The Kier molecular flexibility index (Phi) is 14.0. The maximum absolute atomic E-state index is 10.7. The smallest absolute Gasteiger partial charge is 0.217 e. The molecule has 0 bridgehead atoms. The maximum Gasteiger partial charge on any atom is 0.217 e. The van der Waals surface area contributed by atoms with E-state index in [-0.39, 0.29) is 17.0 Å². The van der Waals surface area contributed by atoms with Crippen molar-refractivity contribution in [1.29, 1.82) is 0 Å². The molecule has 1 rings (SSSR count). The van der Waals surface area contributed by atoms with Crippen LogP contribution in [0, 0.1) is 5.92 Å². The van der Waals surface area contributed by atoms with Crippen molar-refractivity contribution in [1.82, 2.24) is 5.06 Å². The Morgan fingerprint density at radius 3 is 1.39 bits per heavy atom. The van der Waals surface area contributed by atoms with Gasteiger partial charge >= 0.3 is 0 Å². The molecule has 0 aromatic rings. The van der Waals surface area contributed by atoms with E-state index in [2.05, 4.69) is 27.7 Å². The SMILES string of the molecule is CC1(C)CC(CCCCCCCCCCCCCCCCCC(N)=O)CC(C)(C)N1O. The number of nitrogens with zero attached hydrogens (tertiary/aromatic N) is 1. The van der Waals surface area contributed by atoms with Crippen LogP contribution < -0.4 is 5.73 Å². The van der Waals surface area contributed by atoms with Crippen molar-refractivity contribution in [3.05, 3.63) is 0 Å². The van der Waals surface area contributed by atoms with Gasteiger partial charge in [-0.3, -0.25) is 4.79 Å². The summed E-state index contributed by atoms with van der Waals surface area (Å²) in [6.07, 6.45) is 24.0. The molecule has 0 atom stereocenters. The first-order chi connectivity index (χ1) is 14.6. The lowest BCUT2D eigenvalue weighted by Crippen LogP contribution is -2.58. The van der Waals surface area contributed by atoms with Crippen molar-refractivity contribution < 1.29 is 10.0 Å². The summed E-state index contributed by atoms with van der Waals surface area (Å²) in [5.41, 5.74) is 4.96. The van der Waals surface area contributed by atoms with Crippen LogP contribution in [0.5, 0.6) is 0 Å². The number of hydroxylamine groups is 2. The fourth-order valence-corrected chi connectivity index (χ4v) is 5.71. The van der Waals surface area contributed by atoms with Gasteiger partial charge in [0.25, 0.3) is 0 Å². The Hall–Kier alpha value is -0.610. The maximum atomic E-state index is 10.7. The van der Waals surface area contributed by atoms with E-state index in [9.17, 15) is 10.0 Å². The van der Waals surface area contributed by atoms with Crippen molar-refractivity contribution in [2.24, 2.45) is 11.7 Å². The Morgan fingerprint density at radius 2 is 1.03 bits per heavy atom. The van der Waals surface area contributed by atoms with Crippen LogP contribution in [0.2, 0.25) is 0 Å². The van der Waals surface area contributed by atoms with E-state index in [1.807, 2.05) is 0 Å². The molecule has 1 fully saturated rings. The summed E-state index contributed by atoms with van der Waals surface area (Å²) in [5.74, 6) is 0.594. The lowest BCUT2D eigenvalue weighted by Gasteiger charge is -2.51. The van der Waals surface area contributed by atoms with Crippen molar-refractivity contribution >= 4 is 5.91 Å². The molecule has 1 heterocycles. The molecule has 31 heavy (non-hydrogen) atoms. The fourth-order valence-electron chi connectivity index (χ4n) is 5.71. The first-order valence-corrected chi connectivity index (χ1v) is 13.4. The van der Waals surface area contributed by atoms with Crippen LogP contribution >= 0.6 is 0 Å². The third kappa shape index (κ3) is 12.9. The zero-order valence-electron chi connectivity index (χ0n) is 21.4. The lowest BCUT2D eigenvalue weighted by atomic mass is 9.73. The van der Waals surface area contributed by atoms with Crippen LogP contribution in [-0.2, 0) is 4.79 Å². The minimum absolute atomic E-state index is 0.0987. The monoisotopic (exact) mass is 438 g/mol. The molecule has 1 amide bonds. The second-order valence-corrected chi connectivity index (χ2v) is 11.5. The zero-order valence-corrected chi connectivity index (χ0v) is 21.4. The molecule has 0 saturated carbocycles. The number of rotatable bonds is 18. The molecular formula is C27H54N2O2. The van der Waals surface area contributed by atoms with Gasteiger partial charge < -0.3 is 10.9 Å². The van der Waals surface area contributed by atoms with Gasteiger partial charge in [-0.25, -0.2) is 0 Å². The van der Waals surface area contributed by atoms with E-state index >= 15 is 0 Å². The molecule has 1 aliphatic rings. The molecule has 1 saturated heterocycles. The normalized spacial score (nSPS) is 19.0. The largest absolute Gasteiger partial charge is 0.370 e. The molecule has 0 aliphatic carbocycles. The van der Waals surface area contributed by atoms with Gasteiger partial charge in [-0.05, 0) is 52.9 Å². The van der Waals surface area contributed by atoms with Gasteiger partial charge in [0.2, 0.25) is 5.91 Å². The minimum Gasteiger partial charge on any atom is -0.370 e. The highest BCUT2D eigenvalue weighted by molar-refractivity contribution is 5.73. The van der Waals surface area contributed by atoms with Gasteiger partial charge in [0.05, 0.1) is 0 Å². The third-order valence-corrected chi connectivity index (χ3v) is 7.26. The van der Waals surface area contributed by atoms with Gasteiger partial charge in [0.1, 0.15) is 0 Å². The molecule has 1 aliphatic heterocycles. The Balaban J connectivity index is 1.85. The van der Waals surface area contributed by atoms with Crippen molar-refractivity contribution in [2.45, 2.75) is 161 Å². The topological polar surface area (TPSA) is 66.6 Å². The van der Waals surface area contributed by atoms with Gasteiger partial charge in [-0.2, -0.15) is 5.06 Å². The van der Waals surface area contributed by atoms with Crippen LogP contribution in [0.1, 0.15) is 150 Å². The zero-order chi connectivity index (χ0) is 23.2. The predicted molar refractivity (Wildman–Crippen MR) is 132 cm³/mol. The Morgan fingerprint density at radius 1 is 0.710 bits per heavy atom. The molecule has 0 spiro atoms. The minimum atomic E-state index is -0.160. The second kappa shape index (κ2) is 15.3. The molecule has 4 nitrogen and oxygen atoms in total. The van der Waals surface area contributed by atoms with Gasteiger partial charge in [-0.1, -0.05) is 96.3 Å². The highest BCUT2D eigenvalue weighted by atomic mass is 16.5. The van der Waals surface area contributed by atoms with Crippen LogP contribution in [-0.4, -0.2) is 27.3 Å². The van der Waals surface area contributed by atoms with Crippen LogP contribution in [0.3, 0.4) is 0 Å². The quantitative estimate of drug-likeness (QED) is 0.215. The molecule has 0 aromatic carbocycles. The molecule has 0 unspecified atom stereocenters. The summed E-state index contributed by atoms with van der Waals surface area (Å²) >= 11 is 0. The van der Waals surface area contributed by atoms with Gasteiger partial charge in [0.15, 0.2) is 0 Å². The Labute approximate surface area is 193 Å². The Bertz CT molecular complexity index is 458. The third-order valence-electron chi connectivity index (χ3n) is 7.26. The summed E-state index contributed by atoms with van der Waals surface area (Å²) in [5, 5.41) is 12.0. The van der Waals surface area contributed by atoms with Crippen molar-refractivity contribution in [2.75, 3.05) is 0 Å². The fraction of sp³-hybridized carbons (Fsp3) is 0.963. The van der Waals surface area contributed by atoms with E-state index < -0.39 is 0 Å². The first kappa shape index (κ1) is 28.4. The number of carbonyl (C=O) groups excluding carboxylic acids is 1. The summed E-state index contributed by atoms with van der Waals surface area (Å²) in [6, 6.07) is 0. The molecule has 0 aromatic heterocycles. The number of primary amides is 1. The number of hydrogen-bond acceptors (Lipinski definition) is 3. The van der Waals surface area contributed by atoms with E-state index in [0.29, 0.717) is 6.42 Å². The van der Waals surface area contributed by atoms with Crippen molar-refractivity contribution in [3.8, 4) is 0 Å². The summed E-state index contributed by atoms with van der Waals surface area (Å²) in [6.45, 7) is 8.71. The summed E-state index contributed by atoms with van der Waals surface area (Å²) in [7, 11) is 0. The van der Waals surface area contributed by atoms with Gasteiger partial charge in [0, 0.05) is 17.5 Å². The molecule has 3 N–H and O–H groups in total. The van der Waals surface area contributed by atoms with Gasteiger partial charge in [-0.15, -0.1) is 0 Å². The van der Waals surface area contributed by atoms with Crippen LogP contribution in [0.25, 0.3) is 0 Å². The number of unbranched alkanes of at least 4 members (excludes halogenated alkanes) is 14. The molecule has 184 valence electrons. The molecule has 4 heteroatoms. The molecular weight excluding hydrogens is 384 g/mol. The molecule has 0 radical (unpaired) electrons. The second-order valence-electron chi connectivity index (χ2n) is 11.5. The standard InChI is InChI=1S/C27H54N2O2/c1-26(2)22-24(23-27(3,4)29(26)31)20-18-16-14-12-10-8-6-5-7-9-11-13-15-17-19-21-25(28)30/h24,31H,5-23H2,1-4H3,(H2,28,30). The number of amides is 1. The highest BCUT2D eigenvalue weighted by Gasteiger charge is 2.44. The lowest BCUT2D eigenvalue weighted by molar-refractivity contribution is -0.251. The number of nitrogens with two attached hydrogens (primary N) is 1. The summed E-state index contributed by atoms with van der Waals surface area (Å²) < 4.78 is 0. The van der Waals surface area contributed by atoms with Crippen molar-refractivity contribution in [3.63, 3.8) is 0 Å². The van der Waals surface area contributed by atoms with E-state index in [4.69, 9.17) is 5.73 Å².